The van der Waals surface area contributed by atoms with Gasteiger partial charge in [-0.25, -0.2) is 0 Å². The predicted molar refractivity (Wildman–Crippen MR) is 85.6 cm³/mol. The van der Waals surface area contributed by atoms with E-state index in [1.165, 1.54) is 0 Å². The standard InChI is InChI=1S/C8H24O4Si4.H4Si/c1-13(2)9-14(3,4)11-16(7,8)12-15(5,6)10-13;/h1-8H3;1H4. The Balaban J connectivity index is 0.00000256. The number of hydrogen-bond acceptors (Lipinski definition) is 4. The third-order valence-corrected chi connectivity index (χ3v) is 17.7. The van der Waals surface area contributed by atoms with Crippen LogP contribution in [-0.4, -0.2) is 45.2 Å². The molecule has 0 N–H and O–H groups in total. The maximum atomic E-state index is 6.16. The van der Waals surface area contributed by atoms with Crippen molar-refractivity contribution in [2.45, 2.75) is 52.4 Å². The molecule has 1 aliphatic heterocycles. The van der Waals surface area contributed by atoms with Crippen molar-refractivity contribution >= 4 is 45.2 Å². The molecule has 1 aliphatic rings. The van der Waals surface area contributed by atoms with Crippen LogP contribution < -0.4 is 0 Å². The van der Waals surface area contributed by atoms with Gasteiger partial charge in [0.25, 0.3) is 0 Å². The van der Waals surface area contributed by atoms with Crippen molar-refractivity contribution in [2.75, 3.05) is 0 Å². The van der Waals surface area contributed by atoms with Crippen molar-refractivity contribution in [2.24, 2.45) is 0 Å². The van der Waals surface area contributed by atoms with Crippen molar-refractivity contribution < 1.29 is 16.5 Å². The molecule has 0 aromatic heterocycles. The lowest BCUT2D eigenvalue weighted by Crippen LogP contribution is -2.64. The second kappa shape index (κ2) is 5.13. The van der Waals surface area contributed by atoms with Gasteiger partial charge in [-0.05, 0) is 63.3 Å². The van der Waals surface area contributed by atoms with Gasteiger partial charge in [-0.2, -0.15) is 0 Å². The Labute approximate surface area is 114 Å². The summed E-state index contributed by atoms with van der Waals surface area (Å²) >= 11 is 0. The topological polar surface area (TPSA) is 36.9 Å². The largest absolute Gasteiger partial charge is 0.416 e. The third kappa shape index (κ3) is 6.07. The van der Waals surface area contributed by atoms with E-state index in [2.05, 4.69) is 52.4 Å². The zero-order valence-corrected chi connectivity index (χ0v) is 15.6. The van der Waals surface area contributed by atoms with Gasteiger partial charge >= 0.3 is 34.2 Å². The van der Waals surface area contributed by atoms with Gasteiger partial charge in [0.2, 0.25) is 0 Å². The predicted octanol–water partition coefficient (Wildman–Crippen LogP) is 1.42. The summed E-state index contributed by atoms with van der Waals surface area (Å²) in [6, 6.07) is 0. The van der Waals surface area contributed by atoms with E-state index in [4.69, 9.17) is 16.5 Å². The fourth-order valence-electron chi connectivity index (χ4n) is 2.45. The van der Waals surface area contributed by atoms with E-state index in [0.717, 1.165) is 0 Å². The summed E-state index contributed by atoms with van der Waals surface area (Å²) in [5, 5.41) is 0. The zero-order chi connectivity index (χ0) is 12.8. The van der Waals surface area contributed by atoms with E-state index in [0.29, 0.717) is 0 Å². The number of rotatable bonds is 0. The summed E-state index contributed by atoms with van der Waals surface area (Å²) in [5.41, 5.74) is 0. The van der Waals surface area contributed by atoms with Gasteiger partial charge in [0.15, 0.2) is 0 Å². The van der Waals surface area contributed by atoms with Crippen molar-refractivity contribution in [3.05, 3.63) is 0 Å². The maximum Gasteiger partial charge on any atom is 0.314 e. The van der Waals surface area contributed by atoms with Crippen molar-refractivity contribution in [1.29, 1.82) is 0 Å². The Morgan fingerprint density at radius 1 is 0.412 bits per heavy atom. The van der Waals surface area contributed by atoms with Gasteiger partial charge in [-0.15, -0.1) is 0 Å². The molecule has 0 aliphatic carbocycles. The molecule has 0 bridgehead atoms. The second-order valence-corrected chi connectivity index (χ2v) is 20.5. The summed E-state index contributed by atoms with van der Waals surface area (Å²) in [7, 11) is -8.44. The molecule has 0 unspecified atom stereocenters. The van der Waals surface area contributed by atoms with E-state index >= 15 is 0 Å². The van der Waals surface area contributed by atoms with Crippen LogP contribution in [0, 0.1) is 0 Å². The van der Waals surface area contributed by atoms with E-state index in [9.17, 15) is 0 Å². The first-order valence-corrected chi connectivity index (χ1v) is 16.9. The molecular formula is C8H28O4Si5. The molecule has 0 amide bonds. The first kappa shape index (κ1) is 17.9. The minimum absolute atomic E-state index is 0. The minimum atomic E-state index is -2.11. The van der Waals surface area contributed by atoms with Crippen LogP contribution in [0.2, 0.25) is 52.4 Å². The highest BCUT2D eigenvalue weighted by Gasteiger charge is 2.50. The Morgan fingerprint density at radius 2 is 0.529 bits per heavy atom. The lowest BCUT2D eigenvalue weighted by molar-refractivity contribution is 0.238. The van der Waals surface area contributed by atoms with Gasteiger partial charge < -0.3 is 16.5 Å². The van der Waals surface area contributed by atoms with Crippen LogP contribution in [-0.2, 0) is 16.5 Å². The molecule has 0 aromatic rings. The molecule has 1 fully saturated rings. The molecule has 0 aromatic carbocycles. The Hall–Kier alpha value is 0.924. The van der Waals surface area contributed by atoms with Crippen LogP contribution in [0.4, 0.5) is 0 Å². The van der Waals surface area contributed by atoms with Crippen LogP contribution >= 0.6 is 0 Å². The summed E-state index contributed by atoms with van der Waals surface area (Å²) in [6.45, 7) is 16.6. The van der Waals surface area contributed by atoms with Gasteiger partial charge in [-0.3, -0.25) is 0 Å². The summed E-state index contributed by atoms with van der Waals surface area (Å²) in [4.78, 5) is 0. The average Bonchev–Trinajstić information content (AvgIpc) is 1.67. The summed E-state index contributed by atoms with van der Waals surface area (Å²) in [6.07, 6.45) is 0. The fourth-order valence-corrected chi connectivity index (χ4v) is 23.6. The van der Waals surface area contributed by atoms with Crippen molar-refractivity contribution in [3.63, 3.8) is 0 Å². The lowest BCUT2D eigenvalue weighted by atomic mass is 11.9. The van der Waals surface area contributed by atoms with E-state index in [1.807, 2.05) is 0 Å². The Bertz CT molecular complexity index is 207. The maximum absolute atomic E-state index is 6.16. The monoisotopic (exact) mass is 328 g/mol. The van der Waals surface area contributed by atoms with Crippen LogP contribution in [0.15, 0.2) is 0 Å². The molecule has 1 heterocycles. The van der Waals surface area contributed by atoms with E-state index < -0.39 is 34.2 Å². The minimum Gasteiger partial charge on any atom is -0.416 e. The van der Waals surface area contributed by atoms with E-state index in [-0.39, 0.29) is 11.0 Å². The molecular weight excluding hydrogens is 301 g/mol. The molecule has 9 heteroatoms. The van der Waals surface area contributed by atoms with Crippen molar-refractivity contribution in [3.8, 4) is 0 Å². The normalized spacial score (nSPS) is 29.6. The average molecular weight is 329 g/mol. The molecule has 0 radical (unpaired) electrons. The fraction of sp³-hybridized carbons (Fsp3) is 1.00. The van der Waals surface area contributed by atoms with Crippen LogP contribution in [0.25, 0.3) is 0 Å². The molecule has 4 nitrogen and oxygen atoms in total. The Kier molecular flexibility index (Phi) is 5.41. The smallest absolute Gasteiger partial charge is 0.314 e. The molecule has 104 valence electrons. The lowest BCUT2D eigenvalue weighted by Gasteiger charge is -2.46. The molecule has 1 saturated heterocycles. The van der Waals surface area contributed by atoms with Crippen LogP contribution in [0.3, 0.4) is 0 Å². The quantitative estimate of drug-likeness (QED) is 0.630. The first-order valence-electron chi connectivity index (χ1n) is 5.63. The van der Waals surface area contributed by atoms with Gasteiger partial charge in [-0.1, -0.05) is 0 Å². The highest BCUT2D eigenvalue weighted by Crippen LogP contribution is 2.30. The Morgan fingerprint density at radius 3 is 0.647 bits per heavy atom. The van der Waals surface area contributed by atoms with Gasteiger partial charge in [0.05, 0.1) is 0 Å². The van der Waals surface area contributed by atoms with Gasteiger partial charge in [0.1, 0.15) is 0 Å². The second-order valence-electron chi connectivity index (χ2n) is 6.01. The molecule has 0 saturated carbocycles. The SMILES string of the molecule is C[Si]1(C)O[Si](C)(C)O[Si](C)(C)O[Si](C)(C)O1.[SiH4]. The number of hydrogen-bond donors (Lipinski definition) is 0. The summed E-state index contributed by atoms with van der Waals surface area (Å²) in [5.74, 6) is 0. The van der Waals surface area contributed by atoms with Crippen LogP contribution in [0.1, 0.15) is 0 Å². The van der Waals surface area contributed by atoms with E-state index in [1.54, 1.807) is 0 Å². The van der Waals surface area contributed by atoms with Crippen LogP contribution in [0.5, 0.6) is 0 Å². The first-order chi connectivity index (χ1) is 6.83. The summed E-state index contributed by atoms with van der Waals surface area (Å²) < 4.78 is 24.6. The van der Waals surface area contributed by atoms with Gasteiger partial charge in [0, 0.05) is 0 Å². The molecule has 0 atom stereocenters. The molecule has 17 heavy (non-hydrogen) atoms. The molecule has 0 spiro atoms. The zero-order valence-electron chi connectivity index (χ0n) is 11.6. The molecule has 1 rings (SSSR count). The van der Waals surface area contributed by atoms with Crippen molar-refractivity contribution in [1.82, 2.24) is 0 Å². The third-order valence-electron chi connectivity index (χ3n) is 1.97. The highest BCUT2D eigenvalue weighted by atomic mass is 28.5. The highest BCUT2D eigenvalue weighted by molar-refractivity contribution is 6.92.